The fraction of sp³-hybridized carbons (Fsp3) is 0.0714. The molecule has 1 atom stereocenters. The summed E-state index contributed by atoms with van der Waals surface area (Å²) in [7, 11) is 0. The molecule has 0 bridgehead atoms. The van der Waals surface area contributed by atoms with Crippen molar-refractivity contribution in [3.8, 4) is 0 Å². The van der Waals surface area contributed by atoms with Crippen molar-refractivity contribution in [3.63, 3.8) is 0 Å². The molecule has 0 saturated carbocycles. The van der Waals surface area contributed by atoms with Crippen molar-refractivity contribution in [3.05, 3.63) is 63.9 Å². The molecule has 0 aliphatic heterocycles. The van der Waals surface area contributed by atoms with Gasteiger partial charge in [-0.2, -0.15) is 0 Å². The SMILES string of the molecule is O=C(Nc1ccc(Cl)cc1F)C(O)c1ccccc1Cl. The highest BCUT2D eigenvalue weighted by Gasteiger charge is 2.20. The van der Waals surface area contributed by atoms with Crippen molar-refractivity contribution in [1.82, 2.24) is 0 Å². The second kappa shape index (κ2) is 6.22. The molecule has 0 aromatic heterocycles. The van der Waals surface area contributed by atoms with Gasteiger partial charge in [0.2, 0.25) is 0 Å². The lowest BCUT2D eigenvalue weighted by Gasteiger charge is -2.13. The summed E-state index contributed by atoms with van der Waals surface area (Å²) in [6, 6.07) is 10.2. The van der Waals surface area contributed by atoms with E-state index in [1.165, 1.54) is 18.2 Å². The Balaban J connectivity index is 2.18. The van der Waals surface area contributed by atoms with Crippen LogP contribution < -0.4 is 5.32 Å². The zero-order valence-corrected chi connectivity index (χ0v) is 11.6. The number of halogens is 3. The fourth-order valence-corrected chi connectivity index (χ4v) is 2.03. The summed E-state index contributed by atoms with van der Waals surface area (Å²) in [5.74, 6) is -1.46. The Bertz CT molecular complexity index is 649. The van der Waals surface area contributed by atoms with E-state index in [4.69, 9.17) is 23.2 Å². The van der Waals surface area contributed by atoms with Crippen molar-refractivity contribution >= 4 is 34.8 Å². The van der Waals surface area contributed by atoms with E-state index in [-0.39, 0.29) is 21.3 Å². The zero-order chi connectivity index (χ0) is 14.7. The Kier molecular flexibility index (Phi) is 4.60. The monoisotopic (exact) mass is 313 g/mol. The number of hydrogen-bond donors (Lipinski definition) is 2. The number of aliphatic hydroxyl groups is 1. The van der Waals surface area contributed by atoms with Gasteiger partial charge in [0, 0.05) is 15.6 Å². The van der Waals surface area contributed by atoms with Gasteiger partial charge in [-0.25, -0.2) is 4.39 Å². The van der Waals surface area contributed by atoms with Gasteiger partial charge in [-0.3, -0.25) is 4.79 Å². The largest absolute Gasteiger partial charge is 0.378 e. The molecule has 20 heavy (non-hydrogen) atoms. The average molecular weight is 314 g/mol. The normalized spacial score (nSPS) is 12.0. The van der Waals surface area contributed by atoms with Gasteiger partial charge in [0.25, 0.3) is 5.91 Å². The quantitative estimate of drug-likeness (QED) is 0.905. The summed E-state index contributed by atoms with van der Waals surface area (Å²) in [6.45, 7) is 0. The molecule has 1 unspecified atom stereocenters. The Hall–Kier alpha value is -1.62. The van der Waals surface area contributed by atoms with Crippen molar-refractivity contribution < 1.29 is 14.3 Å². The van der Waals surface area contributed by atoms with Crippen molar-refractivity contribution in [2.45, 2.75) is 6.10 Å². The first-order valence-electron chi connectivity index (χ1n) is 5.67. The number of amides is 1. The minimum atomic E-state index is -1.49. The Labute approximate surface area is 124 Å². The molecule has 0 saturated heterocycles. The summed E-state index contributed by atoms with van der Waals surface area (Å²) in [5.41, 5.74) is 0.187. The van der Waals surface area contributed by atoms with Crippen LogP contribution in [0.3, 0.4) is 0 Å². The molecular formula is C14H10Cl2FNO2. The third-order valence-corrected chi connectivity index (χ3v) is 3.22. The third kappa shape index (κ3) is 3.28. The molecular weight excluding hydrogens is 304 g/mol. The first-order chi connectivity index (χ1) is 9.49. The van der Waals surface area contributed by atoms with Gasteiger partial charge in [0.1, 0.15) is 5.82 Å². The fourth-order valence-electron chi connectivity index (χ4n) is 1.63. The van der Waals surface area contributed by atoms with Gasteiger partial charge < -0.3 is 10.4 Å². The van der Waals surface area contributed by atoms with Crippen molar-refractivity contribution in [2.75, 3.05) is 5.32 Å². The van der Waals surface area contributed by atoms with E-state index >= 15 is 0 Å². The maximum absolute atomic E-state index is 13.5. The molecule has 3 nitrogen and oxygen atoms in total. The van der Waals surface area contributed by atoms with E-state index in [2.05, 4.69) is 5.32 Å². The second-order valence-electron chi connectivity index (χ2n) is 4.04. The highest BCUT2D eigenvalue weighted by atomic mass is 35.5. The molecule has 2 aromatic carbocycles. The van der Waals surface area contributed by atoms with Gasteiger partial charge in [-0.1, -0.05) is 41.4 Å². The maximum Gasteiger partial charge on any atom is 0.257 e. The molecule has 0 spiro atoms. The van der Waals surface area contributed by atoms with Crippen LogP contribution in [0.15, 0.2) is 42.5 Å². The lowest BCUT2D eigenvalue weighted by atomic mass is 10.1. The molecule has 104 valence electrons. The second-order valence-corrected chi connectivity index (χ2v) is 4.88. The highest BCUT2D eigenvalue weighted by molar-refractivity contribution is 6.31. The summed E-state index contributed by atoms with van der Waals surface area (Å²) in [6.07, 6.45) is -1.49. The van der Waals surface area contributed by atoms with E-state index in [0.717, 1.165) is 6.07 Å². The number of anilines is 1. The molecule has 1 amide bonds. The van der Waals surface area contributed by atoms with E-state index in [1.807, 2.05) is 0 Å². The minimum absolute atomic E-state index is 0.0643. The summed E-state index contributed by atoms with van der Waals surface area (Å²) >= 11 is 11.5. The van der Waals surface area contributed by atoms with Crippen LogP contribution in [-0.4, -0.2) is 11.0 Å². The molecule has 2 rings (SSSR count). The number of hydrogen-bond acceptors (Lipinski definition) is 2. The van der Waals surface area contributed by atoms with Crippen LogP contribution >= 0.6 is 23.2 Å². The number of aliphatic hydroxyl groups excluding tert-OH is 1. The van der Waals surface area contributed by atoms with E-state index in [0.29, 0.717) is 0 Å². The Morgan fingerprint density at radius 3 is 2.55 bits per heavy atom. The lowest BCUT2D eigenvalue weighted by molar-refractivity contribution is -0.124. The van der Waals surface area contributed by atoms with E-state index < -0.39 is 17.8 Å². The smallest absolute Gasteiger partial charge is 0.257 e. The standard InChI is InChI=1S/C14H10Cl2FNO2/c15-8-5-6-12(11(17)7-8)18-14(20)13(19)9-3-1-2-4-10(9)16/h1-7,13,19H,(H,18,20). The molecule has 0 fully saturated rings. The molecule has 2 N–H and O–H groups in total. The molecule has 0 radical (unpaired) electrons. The van der Waals surface area contributed by atoms with E-state index in [9.17, 15) is 14.3 Å². The first-order valence-corrected chi connectivity index (χ1v) is 6.43. The summed E-state index contributed by atoms with van der Waals surface area (Å²) < 4.78 is 13.5. The summed E-state index contributed by atoms with van der Waals surface area (Å²) in [4.78, 5) is 11.9. The van der Waals surface area contributed by atoms with Crippen LogP contribution in [0.2, 0.25) is 10.0 Å². The number of rotatable bonds is 3. The number of carbonyl (C=O) groups is 1. The van der Waals surface area contributed by atoms with Crippen LogP contribution in [-0.2, 0) is 4.79 Å². The van der Waals surface area contributed by atoms with Crippen LogP contribution in [0, 0.1) is 5.82 Å². The number of carbonyl (C=O) groups excluding carboxylic acids is 1. The maximum atomic E-state index is 13.5. The first kappa shape index (κ1) is 14.8. The van der Waals surface area contributed by atoms with Crippen LogP contribution in [0.25, 0.3) is 0 Å². The summed E-state index contributed by atoms with van der Waals surface area (Å²) in [5, 5.41) is 12.7. The predicted molar refractivity (Wildman–Crippen MR) is 76.5 cm³/mol. The van der Waals surface area contributed by atoms with Gasteiger partial charge >= 0.3 is 0 Å². The highest BCUT2D eigenvalue weighted by Crippen LogP contribution is 2.25. The Morgan fingerprint density at radius 2 is 1.90 bits per heavy atom. The number of benzene rings is 2. The molecule has 0 aliphatic carbocycles. The topological polar surface area (TPSA) is 49.3 Å². The van der Waals surface area contributed by atoms with Gasteiger partial charge in [-0.05, 0) is 24.3 Å². The number of nitrogens with one attached hydrogen (secondary N) is 1. The van der Waals surface area contributed by atoms with Crippen LogP contribution in [0.4, 0.5) is 10.1 Å². The molecule has 0 aliphatic rings. The van der Waals surface area contributed by atoms with Crippen molar-refractivity contribution in [2.24, 2.45) is 0 Å². The van der Waals surface area contributed by atoms with E-state index in [1.54, 1.807) is 18.2 Å². The molecule has 0 heterocycles. The molecule has 6 heteroatoms. The third-order valence-electron chi connectivity index (χ3n) is 2.64. The van der Waals surface area contributed by atoms with Crippen LogP contribution in [0.1, 0.15) is 11.7 Å². The average Bonchev–Trinajstić information content (AvgIpc) is 2.41. The van der Waals surface area contributed by atoms with Crippen molar-refractivity contribution in [1.29, 1.82) is 0 Å². The van der Waals surface area contributed by atoms with Gasteiger partial charge in [-0.15, -0.1) is 0 Å². The zero-order valence-electron chi connectivity index (χ0n) is 10.1. The minimum Gasteiger partial charge on any atom is -0.378 e. The molecule has 2 aromatic rings. The lowest BCUT2D eigenvalue weighted by Crippen LogP contribution is -2.21. The van der Waals surface area contributed by atoms with Crippen LogP contribution in [0.5, 0.6) is 0 Å². The Morgan fingerprint density at radius 1 is 1.20 bits per heavy atom. The van der Waals surface area contributed by atoms with Gasteiger partial charge in [0.15, 0.2) is 6.10 Å². The van der Waals surface area contributed by atoms with Gasteiger partial charge in [0.05, 0.1) is 5.69 Å². The predicted octanol–water partition coefficient (Wildman–Crippen LogP) is 3.80.